The van der Waals surface area contributed by atoms with Crippen molar-refractivity contribution in [1.29, 1.82) is 5.26 Å². The van der Waals surface area contributed by atoms with Crippen LogP contribution in [0.3, 0.4) is 0 Å². The molecule has 1 rings (SSSR count). The van der Waals surface area contributed by atoms with E-state index in [0.717, 1.165) is 12.1 Å². The maximum absolute atomic E-state index is 11.5. The Kier molecular flexibility index (Phi) is 5.25. The smallest absolute Gasteiger partial charge is 0.263 e. The van der Waals surface area contributed by atoms with E-state index in [1.807, 2.05) is 13.0 Å². The minimum Gasteiger partial charge on any atom is -0.359 e. The number of hydrogen-bond acceptors (Lipinski definition) is 4. The Bertz CT molecular complexity index is 434. The van der Waals surface area contributed by atoms with E-state index in [0.29, 0.717) is 6.54 Å². The molecule has 17 heavy (non-hydrogen) atoms. The lowest BCUT2D eigenvalue weighted by Gasteiger charge is -2.03. The second kappa shape index (κ2) is 7.01. The van der Waals surface area contributed by atoms with Crippen molar-refractivity contribution in [3.05, 3.63) is 36.3 Å². The number of nitrogens with one attached hydrogen (secondary N) is 2. The molecule has 0 aliphatic heterocycles. The fraction of sp³-hybridized carbons (Fsp3) is 0.250. The van der Waals surface area contributed by atoms with Gasteiger partial charge in [-0.25, -0.2) is 0 Å². The van der Waals surface area contributed by atoms with Crippen LogP contribution in [0.2, 0.25) is 0 Å². The van der Waals surface area contributed by atoms with Gasteiger partial charge in [-0.2, -0.15) is 5.26 Å². The molecule has 5 nitrogen and oxygen atoms in total. The number of nitriles is 1. The number of anilines is 1. The van der Waals surface area contributed by atoms with Crippen LogP contribution in [0, 0.1) is 11.3 Å². The maximum Gasteiger partial charge on any atom is 0.263 e. The topological polar surface area (TPSA) is 77.8 Å². The molecule has 0 saturated carbocycles. The molecular weight excluding hydrogens is 216 g/mol. The average molecular weight is 230 g/mol. The molecule has 0 spiro atoms. The molecule has 88 valence electrons. The van der Waals surface area contributed by atoms with E-state index in [1.165, 1.54) is 6.20 Å². The minimum atomic E-state index is -0.370. The molecule has 2 N–H and O–H groups in total. The van der Waals surface area contributed by atoms with Crippen molar-refractivity contribution in [3.8, 4) is 6.07 Å². The van der Waals surface area contributed by atoms with Gasteiger partial charge in [-0.15, -0.1) is 0 Å². The third kappa shape index (κ3) is 4.34. The fourth-order valence-electron chi connectivity index (χ4n) is 1.09. The minimum absolute atomic E-state index is 0.0438. The Morgan fingerprint density at radius 2 is 2.47 bits per heavy atom. The summed E-state index contributed by atoms with van der Waals surface area (Å²) in [7, 11) is 0. The lowest BCUT2D eigenvalue weighted by Crippen LogP contribution is -2.25. The predicted molar refractivity (Wildman–Crippen MR) is 64.9 cm³/mol. The molecule has 0 fully saturated rings. The predicted octanol–water partition coefficient (Wildman–Crippen LogP) is 1.43. The highest BCUT2D eigenvalue weighted by atomic mass is 16.1. The first-order chi connectivity index (χ1) is 8.27. The highest BCUT2D eigenvalue weighted by molar-refractivity contribution is 5.97. The highest BCUT2D eigenvalue weighted by Crippen LogP contribution is 2.03. The number of carbonyl (C=O) groups excluding carboxylic acids is 1. The van der Waals surface area contributed by atoms with Crippen LogP contribution in [0.25, 0.3) is 0 Å². The summed E-state index contributed by atoms with van der Waals surface area (Å²) in [6, 6.07) is 5.40. The Labute approximate surface area is 100 Å². The first kappa shape index (κ1) is 12.7. The zero-order valence-electron chi connectivity index (χ0n) is 9.60. The molecule has 0 aromatic carbocycles. The van der Waals surface area contributed by atoms with Crippen molar-refractivity contribution >= 4 is 11.6 Å². The third-order valence-corrected chi connectivity index (χ3v) is 1.95. The molecule has 1 amide bonds. The van der Waals surface area contributed by atoms with Crippen LogP contribution in [0.4, 0.5) is 5.69 Å². The Morgan fingerprint density at radius 3 is 3.06 bits per heavy atom. The van der Waals surface area contributed by atoms with Crippen molar-refractivity contribution in [2.75, 3.05) is 11.9 Å². The van der Waals surface area contributed by atoms with Crippen molar-refractivity contribution in [2.24, 2.45) is 0 Å². The van der Waals surface area contributed by atoms with Gasteiger partial charge in [0.2, 0.25) is 0 Å². The van der Waals surface area contributed by atoms with Gasteiger partial charge in [0.15, 0.2) is 0 Å². The van der Waals surface area contributed by atoms with E-state index in [9.17, 15) is 4.79 Å². The largest absolute Gasteiger partial charge is 0.359 e. The van der Waals surface area contributed by atoms with Crippen molar-refractivity contribution in [3.63, 3.8) is 0 Å². The van der Waals surface area contributed by atoms with Crippen LogP contribution in [0.5, 0.6) is 0 Å². The van der Waals surface area contributed by atoms with Gasteiger partial charge in [0.05, 0.1) is 11.9 Å². The van der Waals surface area contributed by atoms with Crippen molar-refractivity contribution in [1.82, 2.24) is 10.3 Å². The van der Waals surface area contributed by atoms with E-state index in [2.05, 4.69) is 15.6 Å². The normalized spacial score (nSPS) is 10.5. The molecule has 0 unspecified atom stereocenters. The van der Waals surface area contributed by atoms with E-state index >= 15 is 0 Å². The van der Waals surface area contributed by atoms with Gasteiger partial charge in [0.25, 0.3) is 5.91 Å². The van der Waals surface area contributed by atoms with E-state index in [1.54, 1.807) is 24.5 Å². The molecule has 0 aliphatic rings. The summed E-state index contributed by atoms with van der Waals surface area (Å²) in [5.74, 6) is -0.370. The quantitative estimate of drug-likeness (QED) is 0.592. The summed E-state index contributed by atoms with van der Waals surface area (Å²) in [6.07, 6.45) is 5.46. The zero-order valence-corrected chi connectivity index (χ0v) is 9.60. The molecule has 0 aliphatic carbocycles. The van der Waals surface area contributed by atoms with E-state index in [4.69, 9.17) is 5.26 Å². The number of rotatable bonds is 5. The molecule has 0 bridgehead atoms. The zero-order chi connectivity index (χ0) is 12.5. The fourth-order valence-corrected chi connectivity index (χ4v) is 1.09. The highest BCUT2D eigenvalue weighted by Gasteiger charge is 2.06. The number of aromatic nitrogens is 1. The van der Waals surface area contributed by atoms with Crippen LogP contribution in [-0.4, -0.2) is 17.4 Å². The molecule has 0 saturated heterocycles. The number of carbonyl (C=O) groups is 1. The Hall–Kier alpha value is -2.35. The summed E-state index contributed by atoms with van der Waals surface area (Å²) >= 11 is 0. The average Bonchev–Trinajstić information content (AvgIpc) is 2.38. The van der Waals surface area contributed by atoms with Gasteiger partial charge in [0, 0.05) is 18.9 Å². The van der Waals surface area contributed by atoms with Crippen molar-refractivity contribution in [2.45, 2.75) is 13.3 Å². The second-order valence-electron chi connectivity index (χ2n) is 3.31. The van der Waals surface area contributed by atoms with Crippen LogP contribution in [0.15, 0.2) is 36.3 Å². The van der Waals surface area contributed by atoms with Gasteiger partial charge in [0.1, 0.15) is 11.6 Å². The van der Waals surface area contributed by atoms with Gasteiger partial charge >= 0.3 is 0 Å². The molecule has 0 atom stereocenters. The summed E-state index contributed by atoms with van der Waals surface area (Å²) < 4.78 is 0. The first-order valence-electron chi connectivity index (χ1n) is 5.33. The molecule has 1 aromatic rings. The number of hydrogen-bond donors (Lipinski definition) is 2. The number of nitrogens with zero attached hydrogens (tertiary/aromatic N) is 2. The molecular formula is C12H14N4O. The van der Waals surface area contributed by atoms with Gasteiger partial charge in [-0.1, -0.05) is 6.92 Å². The summed E-state index contributed by atoms with van der Waals surface area (Å²) in [5, 5.41) is 14.3. The third-order valence-electron chi connectivity index (χ3n) is 1.95. The Balaban J connectivity index is 2.62. The van der Waals surface area contributed by atoms with Gasteiger partial charge in [-0.3, -0.25) is 9.78 Å². The lowest BCUT2D eigenvalue weighted by atomic mass is 10.3. The van der Waals surface area contributed by atoms with Crippen LogP contribution in [-0.2, 0) is 4.79 Å². The van der Waals surface area contributed by atoms with E-state index in [-0.39, 0.29) is 11.5 Å². The van der Waals surface area contributed by atoms with Gasteiger partial charge in [-0.05, 0) is 18.6 Å². The Morgan fingerprint density at radius 1 is 1.65 bits per heavy atom. The lowest BCUT2D eigenvalue weighted by molar-refractivity contribution is -0.117. The van der Waals surface area contributed by atoms with Crippen LogP contribution < -0.4 is 10.6 Å². The first-order valence-corrected chi connectivity index (χ1v) is 5.33. The molecule has 1 heterocycles. The summed E-state index contributed by atoms with van der Waals surface area (Å²) in [4.78, 5) is 15.4. The van der Waals surface area contributed by atoms with Gasteiger partial charge < -0.3 is 10.6 Å². The maximum atomic E-state index is 11.5. The number of amides is 1. The monoisotopic (exact) mass is 230 g/mol. The van der Waals surface area contributed by atoms with E-state index < -0.39 is 0 Å². The standard InChI is InChI=1S/C12H14N4O/c1-2-5-15-12(17)10(7-13)8-16-11-4-3-6-14-9-11/h3-4,6,8-9,16H,2,5H2,1H3,(H,15,17)/b10-8-. The van der Waals surface area contributed by atoms with Crippen molar-refractivity contribution < 1.29 is 4.79 Å². The molecule has 0 radical (unpaired) electrons. The summed E-state index contributed by atoms with van der Waals surface area (Å²) in [6.45, 7) is 2.51. The summed E-state index contributed by atoms with van der Waals surface area (Å²) in [5.41, 5.74) is 0.769. The molecule has 1 aromatic heterocycles. The SMILES string of the molecule is CCCNC(=O)/C(C#N)=C\Nc1cccnc1. The molecule has 5 heteroatoms. The number of pyridine rings is 1. The second-order valence-corrected chi connectivity index (χ2v) is 3.31. The van der Waals surface area contributed by atoms with Crippen LogP contribution >= 0.6 is 0 Å². The van der Waals surface area contributed by atoms with Crippen LogP contribution in [0.1, 0.15) is 13.3 Å².